The minimum absolute atomic E-state index is 0.190. The molecule has 0 aliphatic heterocycles. The molecular formula is C28H30N2O7S. The van der Waals surface area contributed by atoms with Crippen LogP contribution >= 0.6 is 0 Å². The third-order valence-electron chi connectivity index (χ3n) is 5.47. The Kier molecular flexibility index (Phi) is 9.50. The molecule has 0 saturated carbocycles. The summed E-state index contributed by atoms with van der Waals surface area (Å²) in [5.74, 6) is 1.41. The van der Waals surface area contributed by atoms with Gasteiger partial charge in [-0.3, -0.25) is 4.79 Å². The van der Waals surface area contributed by atoms with Crippen LogP contribution in [0.25, 0.3) is 6.08 Å². The molecule has 3 rings (SSSR count). The number of ketones is 1. The van der Waals surface area contributed by atoms with E-state index < -0.39 is 9.84 Å². The van der Waals surface area contributed by atoms with E-state index in [1.54, 1.807) is 36.4 Å². The smallest absolute Gasteiger partial charge is 0.187 e. The molecule has 0 saturated heterocycles. The summed E-state index contributed by atoms with van der Waals surface area (Å²) in [6.07, 6.45) is 4.22. The maximum absolute atomic E-state index is 12.9. The number of allylic oxidation sites excluding steroid dienone is 1. The van der Waals surface area contributed by atoms with Crippen LogP contribution in [0.15, 0.2) is 66.2 Å². The molecule has 0 bridgehead atoms. The zero-order valence-electron chi connectivity index (χ0n) is 21.8. The van der Waals surface area contributed by atoms with Gasteiger partial charge in [0.15, 0.2) is 27.2 Å². The molecule has 0 unspecified atom stereocenters. The molecule has 38 heavy (non-hydrogen) atoms. The van der Waals surface area contributed by atoms with Gasteiger partial charge in [0, 0.05) is 35.4 Å². The van der Waals surface area contributed by atoms with Crippen LogP contribution < -0.4 is 24.3 Å². The van der Waals surface area contributed by atoms with E-state index in [9.17, 15) is 13.2 Å². The summed E-state index contributed by atoms with van der Waals surface area (Å²) in [6, 6.07) is 13.6. The highest BCUT2D eigenvalue weighted by Crippen LogP contribution is 2.35. The third kappa shape index (κ3) is 7.36. The second-order valence-electron chi connectivity index (χ2n) is 8.12. The molecule has 1 aromatic heterocycles. The highest BCUT2D eigenvalue weighted by atomic mass is 32.2. The van der Waals surface area contributed by atoms with E-state index in [2.05, 4.69) is 10.3 Å². The maximum atomic E-state index is 12.9. The van der Waals surface area contributed by atoms with E-state index in [0.29, 0.717) is 34.1 Å². The average molecular weight is 539 g/mol. The fourth-order valence-corrected chi connectivity index (χ4v) is 4.48. The van der Waals surface area contributed by atoms with Gasteiger partial charge in [-0.1, -0.05) is 29.8 Å². The molecule has 200 valence electrons. The Labute approximate surface area is 222 Å². The zero-order chi connectivity index (χ0) is 27.7. The molecule has 0 amide bonds. The number of hydrogen-bond donors (Lipinski definition) is 1. The summed E-state index contributed by atoms with van der Waals surface area (Å²) >= 11 is 0. The van der Waals surface area contributed by atoms with Crippen LogP contribution in [0.1, 0.15) is 27.2 Å². The first-order valence-electron chi connectivity index (χ1n) is 11.5. The predicted molar refractivity (Wildman–Crippen MR) is 147 cm³/mol. The summed E-state index contributed by atoms with van der Waals surface area (Å²) in [5.41, 5.74) is 2.34. The van der Waals surface area contributed by atoms with Crippen molar-refractivity contribution in [1.82, 2.24) is 4.98 Å². The monoisotopic (exact) mass is 538 g/mol. The van der Waals surface area contributed by atoms with E-state index in [0.717, 1.165) is 11.0 Å². The SMILES string of the molecule is COc1cc(OC)c(/C=C/S(=O)(=O)Cc2ccc(OC)c(N/C=C/C(=O)c3ccc(C)cc3)n2)c(OC)c1. The normalized spacial score (nSPS) is 11.5. The Balaban J connectivity index is 1.78. The van der Waals surface area contributed by atoms with Crippen LogP contribution in [-0.2, 0) is 15.6 Å². The maximum Gasteiger partial charge on any atom is 0.187 e. The lowest BCUT2D eigenvalue weighted by atomic mass is 10.1. The van der Waals surface area contributed by atoms with E-state index in [4.69, 9.17) is 18.9 Å². The van der Waals surface area contributed by atoms with Gasteiger partial charge in [-0.25, -0.2) is 13.4 Å². The van der Waals surface area contributed by atoms with E-state index in [1.165, 1.54) is 46.8 Å². The van der Waals surface area contributed by atoms with Crippen LogP contribution in [0, 0.1) is 6.92 Å². The molecule has 0 spiro atoms. The molecule has 2 aromatic carbocycles. The number of aryl methyl sites for hydroxylation is 1. The molecule has 1 heterocycles. The molecule has 0 radical (unpaired) electrons. The highest BCUT2D eigenvalue weighted by Gasteiger charge is 2.15. The summed E-state index contributed by atoms with van der Waals surface area (Å²) in [4.78, 5) is 16.8. The van der Waals surface area contributed by atoms with Gasteiger partial charge in [0.05, 0.1) is 45.4 Å². The zero-order valence-corrected chi connectivity index (χ0v) is 22.7. The third-order valence-corrected chi connectivity index (χ3v) is 6.72. The molecule has 0 fully saturated rings. The molecule has 3 aromatic rings. The van der Waals surface area contributed by atoms with Crippen LogP contribution in [0.5, 0.6) is 23.0 Å². The number of nitrogens with one attached hydrogen (secondary N) is 1. The summed E-state index contributed by atoms with van der Waals surface area (Å²) in [6.45, 7) is 1.94. The Morgan fingerprint density at radius 2 is 1.53 bits per heavy atom. The van der Waals surface area contributed by atoms with Gasteiger partial charge < -0.3 is 24.3 Å². The second kappa shape index (κ2) is 12.8. The number of carbonyl (C=O) groups excluding carboxylic acids is 1. The van der Waals surface area contributed by atoms with Crippen molar-refractivity contribution in [2.75, 3.05) is 33.8 Å². The van der Waals surface area contributed by atoms with Gasteiger partial charge >= 0.3 is 0 Å². The number of anilines is 1. The van der Waals surface area contributed by atoms with Gasteiger partial charge in [0.25, 0.3) is 0 Å². The fraction of sp³-hybridized carbons (Fsp3) is 0.214. The molecular weight excluding hydrogens is 508 g/mol. The fourth-order valence-electron chi connectivity index (χ4n) is 3.47. The van der Waals surface area contributed by atoms with Crippen molar-refractivity contribution in [1.29, 1.82) is 0 Å². The average Bonchev–Trinajstić information content (AvgIpc) is 2.91. The number of pyridine rings is 1. The number of carbonyl (C=O) groups is 1. The van der Waals surface area contributed by atoms with E-state index >= 15 is 0 Å². The number of methoxy groups -OCH3 is 4. The number of benzene rings is 2. The first-order valence-corrected chi connectivity index (χ1v) is 13.2. The number of nitrogens with zero attached hydrogens (tertiary/aromatic N) is 1. The van der Waals surface area contributed by atoms with Crippen molar-refractivity contribution in [2.45, 2.75) is 12.7 Å². The number of aromatic nitrogens is 1. The van der Waals surface area contributed by atoms with Crippen molar-refractivity contribution in [3.63, 3.8) is 0 Å². The number of rotatable bonds is 12. The van der Waals surface area contributed by atoms with Gasteiger partial charge in [-0.15, -0.1) is 0 Å². The highest BCUT2D eigenvalue weighted by molar-refractivity contribution is 7.93. The van der Waals surface area contributed by atoms with E-state index in [1.807, 2.05) is 19.1 Å². The number of ether oxygens (including phenoxy) is 4. The van der Waals surface area contributed by atoms with Crippen molar-refractivity contribution >= 4 is 27.5 Å². The first kappa shape index (κ1) is 28.3. The Morgan fingerprint density at radius 1 is 0.895 bits per heavy atom. The van der Waals surface area contributed by atoms with Crippen molar-refractivity contribution in [3.05, 3.63) is 88.6 Å². The predicted octanol–water partition coefficient (Wildman–Crippen LogP) is 4.82. The summed E-state index contributed by atoms with van der Waals surface area (Å²) < 4.78 is 47.1. The lowest BCUT2D eigenvalue weighted by Crippen LogP contribution is -2.05. The lowest BCUT2D eigenvalue weighted by molar-refractivity contribution is 0.104. The minimum Gasteiger partial charge on any atom is -0.496 e. The van der Waals surface area contributed by atoms with Crippen molar-refractivity contribution in [2.24, 2.45) is 0 Å². The molecule has 10 heteroatoms. The Hall–Kier alpha value is -4.31. The van der Waals surface area contributed by atoms with Crippen molar-refractivity contribution in [3.8, 4) is 23.0 Å². The second-order valence-corrected chi connectivity index (χ2v) is 10.0. The van der Waals surface area contributed by atoms with Crippen LogP contribution in [0.2, 0.25) is 0 Å². The molecule has 0 aliphatic carbocycles. The van der Waals surface area contributed by atoms with E-state index in [-0.39, 0.29) is 23.0 Å². The molecule has 9 nitrogen and oxygen atoms in total. The van der Waals surface area contributed by atoms with Crippen LogP contribution in [-0.4, -0.2) is 47.6 Å². The summed E-state index contributed by atoms with van der Waals surface area (Å²) in [7, 11) is 2.19. The minimum atomic E-state index is -3.73. The first-order chi connectivity index (χ1) is 18.2. The van der Waals surface area contributed by atoms with Gasteiger partial charge in [0.1, 0.15) is 17.2 Å². The van der Waals surface area contributed by atoms with Crippen LogP contribution in [0.3, 0.4) is 0 Å². The van der Waals surface area contributed by atoms with Crippen LogP contribution in [0.4, 0.5) is 5.82 Å². The quantitative estimate of drug-likeness (QED) is 0.256. The van der Waals surface area contributed by atoms with Gasteiger partial charge in [0.2, 0.25) is 0 Å². The summed E-state index contributed by atoms with van der Waals surface area (Å²) in [5, 5.41) is 3.99. The molecule has 1 N–H and O–H groups in total. The van der Waals surface area contributed by atoms with Crippen molar-refractivity contribution < 1.29 is 32.2 Å². The Bertz CT molecular complexity index is 1420. The Morgan fingerprint density at radius 3 is 2.11 bits per heavy atom. The number of sulfone groups is 1. The van der Waals surface area contributed by atoms with Gasteiger partial charge in [-0.05, 0) is 25.1 Å². The molecule has 0 atom stereocenters. The number of hydrogen-bond acceptors (Lipinski definition) is 9. The standard InChI is InChI=1S/C28H30N2O7S/c1-19-6-8-20(9-7-19)24(31)12-14-29-28-25(35-3)11-10-21(30-28)18-38(32,33)15-13-23-26(36-4)16-22(34-2)17-27(23)37-5/h6-17H,18H2,1-5H3,(H,29,30)/b14-12+,15-13+. The largest absolute Gasteiger partial charge is 0.496 e. The molecule has 0 aliphatic rings. The lowest BCUT2D eigenvalue weighted by Gasteiger charge is -2.12. The van der Waals surface area contributed by atoms with Gasteiger partial charge in [-0.2, -0.15) is 0 Å². The topological polar surface area (TPSA) is 113 Å².